The second-order valence-corrected chi connectivity index (χ2v) is 6.61. The Morgan fingerprint density at radius 2 is 2.05 bits per heavy atom. The molecule has 0 fully saturated rings. The maximum atomic E-state index is 6.25. The van der Waals surface area contributed by atoms with E-state index in [0.717, 1.165) is 28.9 Å². The van der Waals surface area contributed by atoms with E-state index in [4.69, 9.17) is 17.3 Å². The lowest BCUT2D eigenvalue weighted by molar-refractivity contribution is 0.588. The van der Waals surface area contributed by atoms with Crippen LogP contribution in [0.3, 0.4) is 0 Å². The fourth-order valence-corrected chi connectivity index (χ4v) is 3.48. The Labute approximate surface area is 139 Å². The Morgan fingerprint density at radius 1 is 1.24 bits per heavy atom. The van der Waals surface area contributed by atoms with E-state index in [2.05, 4.69) is 51.2 Å². The molecule has 0 bridgehead atoms. The largest absolute Gasteiger partial charge is 0.363 e. The van der Waals surface area contributed by atoms with Crippen molar-refractivity contribution < 1.29 is 0 Å². The minimum absolute atomic E-state index is 0.164. The molecule has 2 aromatic rings. The summed E-state index contributed by atoms with van der Waals surface area (Å²) in [7, 11) is 0. The third-order valence-corrected chi connectivity index (χ3v) is 5.31. The van der Waals surface area contributed by atoms with Gasteiger partial charge in [-0.3, -0.25) is 0 Å². The molecule has 110 valence electrons. The summed E-state index contributed by atoms with van der Waals surface area (Å²) in [6.45, 7) is 1.61. The molecule has 0 saturated heterocycles. The van der Waals surface area contributed by atoms with E-state index in [1.807, 2.05) is 12.1 Å². The van der Waals surface area contributed by atoms with E-state index in [1.165, 1.54) is 16.8 Å². The van der Waals surface area contributed by atoms with E-state index in [1.54, 1.807) is 0 Å². The Morgan fingerprint density at radius 3 is 2.81 bits per heavy atom. The average Bonchev–Trinajstić information content (AvgIpc) is 2.52. The second-order valence-electron chi connectivity index (χ2n) is 5.35. The van der Waals surface area contributed by atoms with Crippen molar-refractivity contribution in [3.63, 3.8) is 0 Å². The highest BCUT2D eigenvalue weighted by atomic mass is 79.9. The number of anilines is 1. The van der Waals surface area contributed by atoms with Gasteiger partial charge in [0, 0.05) is 23.2 Å². The molecule has 0 aliphatic carbocycles. The molecular weight excluding hydrogens is 348 g/mol. The number of aryl methyl sites for hydroxylation is 1. The molecule has 0 aromatic heterocycles. The van der Waals surface area contributed by atoms with Crippen LogP contribution in [0.2, 0.25) is 5.02 Å². The fourth-order valence-electron chi connectivity index (χ4n) is 3.05. The SMILES string of the molecule is NCC(c1ccc(Br)c(Cl)c1)N1CCCc2ccccc21. The Bertz CT molecular complexity index is 644. The van der Waals surface area contributed by atoms with Crippen molar-refractivity contribution in [2.24, 2.45) is 5.73 Å². The Balaban J connectivity index is 1.99. The maximum Gasteiger partial charge on any atom is 0.0665 e. The van der Waals surface area contributed by atoms with Crippen LogP contribution < -0.4 is 10.6 Å². The molecule has 0 saturated carbocycles. The van der Waals surface area contributed by atoms with E-state index in [-0.39, 0.29) is 6.04 Å². The molecule has 1 atom stereocenters. The summed E-state index contributed by atoms with van der Waals surface area (Å²) in [5.74, 6) is 0. The summed E-state index contributed by atoms with van der Waals surface area (Å²) in [6.07, 6.45) is 2.31. The summed E-state index contributed by atoms with van der Waals surface area (Å²) in [5, 5.41) is 0.733. The summed E-state index contributed by atoms with van der Waals surface area (Å²) < 4.78 is 0.919. The zero-order chi connectivity index (χ0) is 14.8. The first kappa shape index (κ1) is 14.9. The van der Waals surface area contributed by atoms with Crippen LogP contribution in [-0.4, -0.2) is 13.1 Å². The average molecular weight is 366 g/mol. The summed E-state index contributed by atoms with van der Waals surface area (Å²) in [4.78, 5) is 2.42. The van der Waals surface area contributed by atoms with Gasteiger partial charge in [0.15, 0.2) is 0 Å². The smallest absolute Gasteiger partial charge is 0.0665 e. The number of hydrogen-bond donors (Lipinski definition) is 1. The molecule has 2 N–H and O–H groups in total. The van der Waals surface area contributed by atoms with E-state index in [9.17, 15) is 0 Å². The van der Waals surface area contributed by atoms with Gasteiger partial charge in [-0.05, 0) is 58.1 Å². The van der Waals surface area contributed by atoms with Gasteiger partial charge in [0.2, 0.25) is 0 Å². The number of nitrogens with zero attached hydrogens (tertiary/aromatic N) is 1. The lowest BCUT2D eigenvalue weighted by Gasteiger charge is -2.38. The van der Waals surface area contributed by atoms with Gasteiger partial charge in [0.05, 0.1) is 11.1 Å². The molecule has 1 aliphatic heterocycles. The van der Waals surface area contributed by atoms with Crippen LogP contribution in [0.4, 0.5) is 5.69 Å². The number of para-hydroxylation sites is 1. The number of benzene rings is 2. The van der Waals surface area contributed by atoms with Crippen molar-refractivity contribution in [1.29, 1.82) is 0 Å². The van der Waals surface area contributed by atoms with Gasteiger partial charge in [0.1, 0.15) is 0 Å². The topological polar surface area (TPSA) is 29.3 Å². The number of nitrogens with two attached hydrogens (primary N) is 1. The monoisotopic (exact) mass is 364 g/mol. The first-order chi connectivity index (χ1) is 10.2. The van der Waals surface area contributed by atoms with Crippen molar-refractivity contribution >= 4 is 33.2 Å². The van der Waals surface area contributed by atoms with Crippen LogP contribution in [0.25, 0.3) is 0 Å². The number of fused-ring (bicyclic) bond motifs is 1. The van der Waals surface area contributed by atoms with Crippen molar-refractivity contribution in [2.45, 2.75) is 18.9 Å². The summed E-state index contributed by atoms with van der Waals surface area (Å²) in [6, 6.07) is 14.9. The first-order valence-electron chi connectivity index (χ1n) is 7.20. The van der Waals surface area contributed by atoms with Gasteiger partial charge in [-0.25, -0.2) is 0 Å². The Kier molecular flexibility index (Phi) is 4.53. The van der Waals surface area contributed by atoms with Crippen molar-refractivity contribution in [2.75, 3.05) is 18.0 Å². The summed E-state index contributed by atoms with van der Waals surface area (Å²) in [5.41, 5.74) is 9.97. The molecule has 0 amide bonds. The van der Waals surface area contributed by atoms with E-state index in [0.29, 0.717) is 6.54 Å². The molecule has 4 heteroatoms. The second kappa shape index (κ2) is 6.39. The van der Waals surface area contributed by atoms with Gasteiger partial charge in [-0.15, -0.1) is 0 Å². The molecule has 1 aliphatic rings. The number of rotatable bonds is 3. The van der Waals surface area contributed by atoms with E-state index >= 15 is 0 Å². The fraction of sp³-hybridized carbons (Fsp3) is 0.294. The molecule has 3 rings (SSSR count). The van der Waals surface area contributed by atoms with Gasteiger partial charge < -0.3 is 10.6 Å². The highest BCUT2D eigenvalue weighted by molar-refractivity contribution is 9.10. The lowest BCUT2D eigenvalue weighted by Crippen LogP contribution is -2.37. The third kappa shape index (κ3) is 2.96. The van der Waals surface area contributed by atoms with Gasteiger partial charge >= 0.3 is 0 Å². The number of hydrogen-bond acceptors (Lipinski definition) is 2. The minimum atomic E-state index is 0.164. The van der Waals surface area contributed by atoms with Crippen molar-refractivity contribution in [3.05, 3.63) is 63.1 Å². The van der Waals surface area contributed by atoms with E-state index < -0.39 is 0 Å². The Hall–Kier alpha value is -1.03. The maximum absolute atomic E-state index is 6.25. The molecule has 2 nitrogen and oxygen atoms in total. The zero-order valence-corrected chi connectivity index (χ0v) is 14.1. The summed E-state index contributed by atoms with van der Waals surface area (Å²) >= 11 is 9.69. The molecule has 21 heavy (non-hydrogen) atoms. The minimum Gasteiger partial charge on any atom is -0.363 e. The number of halogens is 2. The molecule has 2 aromatic carbocycles. The predicted octanol–water partition coefficient (Wildman–Crippen LogP) is 4.56. The molecule has 0 spiro atoms. The quantitative estimate of drug-likeness (QED) is 0.864. The van der Waals surface area contributed by atoms with Crippen LogP contribution in [0.5, 0.6) is 0 Å². The highest BCUT2D eigenvalue weighted by Gasteiger charge is 2.24. The van der Waals surface area contributed by atoms with Crippen LogP contribution in [0.15, 0.2) is 46.9 Å². The standard InChI is InChI=1S/C17H18BrClN2/c18-14-8-7-13(10-15(14)19)17(11-20)21-9-3-5-12-4-1-2-6-16(12)21/h1-2,4,6-8,10,17H,3,5,9,11,20H2. The molecule has 0 radical (unpaired) electrons. The molecular formula is C17H18BrClN2. The molecule has 1 heterocycles. The van der Waals surface area contributed by atoms with Gasteiger partial charge in [-0.1, -0.05) is 35.9 Å². The third-order valence-electron chi connectivity index (χ3n) is 4.07. The van der Waals surface area contributed by atoms with Gasteiger partial charge in [-0.2, -0.15) is 0 Å². The van der Waals surface area contributed by atoms with Crippen LogP contribution in [0.1, 0.15) is 23.6 Å². The van der Waals surface area contributed by atoms with Crippen molar-refractivity contribution in [1.82, 2.24) is 0 Å². The molecule has 1 unspecified atom stereocenters. The van der Waals surface area contributed by atoms with Crippen LogP contribution in [-0.2, 0) is 6.42 Å². The van der Waals surface area contributed by atoms with Crippen molar-refractivity contribution in [3.8, 4) is 0 Å². The highest BCUT2D eigenvalue weighted by Crippen LogP contribution is 2.35. The zero-order valence-electron chi connectivity index (χ0n) is 11.7. The predicted molar refractivity (Wildman–Crippen MR) is 93.1 cm³/mol. The normalized spacial score (nSPS) is 15.7. The first-order valence-corrected chi connectivity index (χ1v) is 8.37. The van der Waals surface area contributed by atoms with Gasteiger partial charge in [0.25, 0.3) is 0 Å². The lowest BCUT2D eigenvalue weighted by atomic mass is 9.97. The van der Waals surface area contributed by atoms with Crippen LogP contribution >= 0.6 is 27.5 Å². The van der Waals surface area contributed by atoms with Crippen LogP contribution in [0, 0.1) is 0 Å².